The highest BCUT2D eigenvalue weighted by Crippen LogP contribution is 2.28. The molecule has 3 aromatic rings. The molecule has 3 aromatic heterocycles. The smallest absolute Gasteiger partial charge is 0.270 e. The third-order valence-electron chi connectivity index (χ3n) is 4.40. The summed E-state index contributed by atoms with van der Waals surface area (Å²) in [5.41, 5.74) is 1.28. The Balaban J connectivity index is 1.57. The fourth-order valence-electron chi connectivity index (χ4n) is 3.18. The average molecular weight is 325 g/mol. The van der Waals surface area contributed by atoms with Gasteiger partial charge in [-0.15, -0.1) is 0 Å². The van der Waals surface area contributed by atoms with E-state index in [2.05, 4.69) is 22.2 Å². The quantitative estimate of drug-likeness (QED) is 0.794. The first-order valence-electron chi connectivity index (χ1n) is 8.13. The summed E-state index contributed by atoms with van der Waals surface area (Å²) in [6.45, 7) is 3.49. The van der Waals surface area contributed by atoms with Crippen molar-refractivity contribution < 1.29 is 9.53 Å². The number of fused-ring (bicyclic) bond motifs is 1. The van der Waals surface area contributed by atoms with Gasteiger partial charge in [-0.05, 0) is 25.5 Å². The van der Waals surface area contributed by atoms with Gasteiger partial charge in [0.05, 0.1) is 12.2 Å². The molecule has 0 spiro atoms. The number of carbonyl (C=O) groups excluding carboxylic acids is 1. The van der Waals surface area contributed by atoms with Crippen LogP contribution in [0, 0.1) is 0 Å². The molecule has 0 unspecified atom stereocenters. The van der Waals surface area contributed by atoms with Crippen molar-refractivity contribution in [1.82, 2.24) is 24.3 Å². The number of pyridine rings is 1. The standard InChI is InChI=1S/C17H19N5O2/c1-2-21-9-7-18-16(21)15-12(6-10-24-15)20-17(23)13-11-19-14-5-3-4-8-22(13)14/h3-5,7-9,11-12,15H,2,6,10H2,1H3,(H,20,23)/t12-,15-/m0/s1. The van der Waals surface area contributed by atoms with E-state index in [9.17, 15) is 4.79 Å². The lowest BCUT2D eigenvalue weighted by atomic mass is 10.1. The molecule has 1 aliphatic heterocycles. The number of rotatable bonds is 4. The molecule has 1 aliphatic rings. The molecule has 4 heterocycles. The van der Waals surface area contributed by atoms with Crippen LogP contribution in [0.25, 0.3) is 5.65 Å². The molecule has 1 fully saturated rings. The number of aryl methyl sites for hydroxylation is 1. The van der Waals surface area contributed by atoms with Gasteiger partial charge in [0.2, 0.25) is 0 Å². The number of aromatic nitrogens is 4. The summed E-state index contributed by atoms with van der Waals surface area (Å²) in [7, 11) is 0. The molecule has 24 heavy (non-hydrogen) atoms. The van der Waals surface area contributed by atoms with Crippen molar-refractivity contribution >= 4 is 11.6 Å². The molecule has 1 amide bonds. The van der Waals surface area contributed by atoms with Crippen LogP contribution in [0.2, 0.25) is 0 Å². The van der Waals surface area contributed by atoms with E-state index < -0.39 is 0 Å². The van der Waals surface area contributed by atoms with Gasteiger partial charge in [-0.2, -0.15) is 0 Å². The fraction of sp³-hybridized carbons (Fsp3) is 0.353. The lowest BCUT2D eigenvalue weighted by molar-refractivity contribution is 0.0772. The zero-order valence-electron chi connectivity index (χ0n) is 13.4. The number of amides is 1. The van der Waals surface area contributed by atoms with Crippen molar-refractivity contribution in [2.24, 2.45) is 0 Å². The summed E-state index contributed by atoms with van der Waals surface area (Å²) in [5.74, 6) is 0.710. The maximum absolute atomic E-state index is 12.7. The van der Waals surface area contributed by atoms with E-state index in [1.54, 1.807) is 16.8 Å². The second-order valence-electron chi connectivity index (χ2n) is 5.80. The molecule has 4 rings (SSSR count). The first-order chi connectivity index (χ1) is 11.8. The van der Waals surface area contributed by atoms with E-state index in [-0.39, 0.29) is 18.1 Å². The predicted molar refractivity (Wildman–Crippen MR) is 87.7 cm³/mol. The third kappa shape index (κ3) is 2.46. The molecule has 124 valence electrons. The summed E-state index contributed by atoms with van der Waals surface area (Å²) in [4.78, 5) is 21.4. The number of carbonyl (C=O) groups is 1. The fourth-order valence-corrected chi connectivity index (χ4v) is 3.18. The normalized spacial score (nSPS) is 20.5. The molecule has 0 aliphatic carbocycles. The first-order valence-corrected chi connectivity index (χ1v) is 8.13. The molecule has 1 saturated heterocycles. The zero-order chi connectivity index (χ0) is 16.5. The summed E-state index contributed by atoms with van der Waals surface area (Å²) in [6.07, 6.45) is 7.68. The van der Waals surface area contributed by atoms with Crippen LogP contribution < -0.4 is 5.32 Å². The van der Waals surface area contributed by atoms with E-state index in [0.717, 1.165) is 24.4 Å². The van der Waals surface area contributed by atoms with Gasteiger partial charge in [-0.1, -0.05) is 6.07 Å². The summed E-state index contributed by atoms with van der Waals surface area (Å²) in [5, 5.41) is 3.08. The Morgan fingerprint density at radius 1 is 1.38 bits per heavy atom. The van der Waals surface area contributed by atoms with Gasteiger partial charge < -0.3 is 14.6 Å². The van der Waals surface area contributed by atoms with Gasteiger partial charge in [0.1, 0.15) is 23.3 Å². The highest BCUT2D eigenvalue weighted by molar-refractivity contribution is 5.93. The lowest BCUT2D eigenvalue weighted by Crippen LogP contribution is -2.38. The molecule has 0 radical (unpaired) electrons. The van der Waals surface area contributed by atoms with Gasteiger partial charge in [-0.3, -0.25) is 9.20 Å². The molecule has 0 aromatic carbocycles. The van der Waals surface area contributed by atoms with Crippen molar-refractivity contribution in [2.75, 3.05) is 6.61 Å². The van der Waals surface area contributed by atoms with E-state index in [0.29, 0.717) is 12.3 Å². The lowest BCUT2D eigenvalue weighted by Gasteiger charge is -2.20. The molecular weight excluding hydrogens is 306 g/mol. The van der Waals surface area contributed by atoms with E-state index >= 15 is 0 Å². The van der Waals surface area contributed by atoms with Gasteiger partial charge in [0.25, 0.3) is 5.91 Å². The number of imidazole rings is 2. The van der Waals surface area contributed by atoms with Crippen LogP contribution in [-0.4, -0.2) is 37.5 Å². The molecule has 1 N–H and O–H groups in total. The SMILES string of the molecule is CCn1ccnc1[C@H]1OCC[C@@H]1NC(=O)c1cnc2ccccn12. The average Bonchev–Trinajstić information content (AvgIpc) is 3.32. The van der Waals surface area contributed by atoms with Gasteiger partial charge in [0, 0.05) is 31.7 Å². The van der Waals surface area contributed by atoms with Crippen molar-refractivity contribution in [3.05, 3.63) is 54.5 Å². The highest BCUT2D eigenvalue weighted by atomic mass is 16.5. The van der Waals surface area contributed by atoms with Gasteiger partial charge in [-0.25, -0.2) is 9.97 Å². The Kier molecular flexibility index (Phi) is 3.78. The summed E-state index contributed by atoms with van der Waals surface area (Å²) < 4.78 is 9.67. The minimum absolute atomic E-state index is 0.0977. The number of hydrogen-bond acceptors (Lipinski definition) is 4. The Morgan fingerprint density at radius 2 is 2.29 bits per heavy atom. The molecule has 7 nitrogen and oxygen atoms in total. The maximum atomic E-state index is 12.7. The monoisotopic (exact) mass is 325 g/mol. The molecule has 7 heteroatoms. The minimum atomic E-state index is -0.219. The van der Waals surface area contributed by atoms with Crippen LogP contribution in [-0.2, 0) is 11.3 Å². The Hall–Kier alpha value is -2.67. The number of ether oxygens (including phenoxy) is 1. The molecule has 0 saturated carbocycles. The Labute approximate surface area is 139 Å². The Morgan fingerprint density at radius 3 is 3.17 bits per heavy atom. The highest BCUT2D eigenvalue weighted by Gasteiger charge is 2.34. The second kappa shape index (κ2) is 6.09. The zero-order valence-corrected chi connectivity index (χ0v) is 13.4. The largest absolute Gasteiger partial charge is 0.368 e. The first kappa shape index (κ1) is 14.9. The van der Waals surface area contributed by atoms with Crippen molar-refractivity contribution in [1.29, 1.82) is 0 Å². The van der Waals surface area contributed by atoms with Gasteiger partial charge in [0.15, 0.2) is 0 Å². The van der Waals surface area contributed by atoms with Crippen LogP contribution in [0.1, 0.15) is 35.8 Å². The molecular formula is C17H19N5O2. The predicted octanol–water partition coefficient (Wildman–Crippen LogP) is 1.81. The summed E-state index contributed by atoms with van der Waals surface area (Å²) in [6, 6.07) is 5.55. The molecule has 0 bridgehead atoms. The topological polar surface area (TPSA) is 73.4 Å². The van der Waals surface area contributed by atoms with E-state index in [1.807, 2.05) is 35.2 Å². The van der Waals surface area contributed by atoms with Crippen molar-refractivity contribution in [3.8, 4) is 0 Å². The second-order valence-corrected chi connectivity index (χ2v) is 5.80. The minimum Gasteiger partial charge on any atom is -0.368 e. The van der Waals surface area contributed by atoms with Crippen LogP contribution in [0.5, 0.6) is 0 Å². The van der Waals surface area contributed by atoms with Crippen LogP contribution in [0.3, 0.4) is 0 Å². The van der Waals surface area contributed by atoms with E-state index in [1.165, 1.54) is 0 Å². The van der Waals surface area contributed by atoms with Crippen LogP contribution >= 0.6 is 0 Å². The molecule has 2 atom stereocenters. The maximum Gasteiger partial charge on any atom is 0.270 e. The summed E-state index contributed by atoms with van der Waals surface area (Å²) >= 11 is 0. The van der Waals surface area contributed by atoms with Crippen LogP contribution in [0.4, 0.5) is 0 Å². The van der Waals surface area contributed by atoms with Gasteiger partial charge >= 0.3 is 0 Å². The third-order valence-corrected chi connectivity index (χ3v) is 4.40. The van der Waals surface area contributed by atoms with Crippen molar-refractivity contribution in [3.63, 3.8) is 0 Å². The number of nitrogens with one attached hydrogen (secondary N) is 1. The number of hydrogen-bond donors (Lipinski definition) is 1. The van der Waals surface area contributed by atoms with Crippen molar-refractivity contribution in [2.45, 2.75) is 32.0 Å². The Bertz CT molecular complexity index is 869. The van der Waals surface area contributed by atoms with E-state index in [4.69, 9.17) is 4.74 Å². The van der Waals surface area contributed by atoms with Crippen LogP contribution in [0.15, 0.2) is 43.0 Å². The number of nitrogens with zero attached hydrogens (tertiary/aromatic N) is 4.